The molecule has 1 aliphatic rings. The molecular formula is C25H24ClN3O4. The van der Waals surface area contributed by atoms with Crippen molar-refractivity contribution in [1.29, 1.82) is 0 Å². The summed E-state index contributed by atoms with van der Waals surface area (Å²) in [5.41, 5.74) is 1.15. The zero-order valence-corrected chi connectivity index (χ0v) is 18.9. The molecule has 1 aromatic heterocycles. The van der Waals surface area contributed by atoms with Gasteiger partial charge in [0.1, 0.15) is 11.5 Å². The minimum Gasteiger partial charge on any atom is -0.507 e. The molecule has 1 N–H and O–H groups in total. The van der Waals surface area contributed by atoms with Gasteiger partial charge < -0.3 is 19.3 Å². The lowest BCUT2D eigenvalue weighted by Crippen LogP contribution is -2.31. The topological polar surface area (TPSA) is 84.7 Å². The minimum atomic E-state index is -0.714. The van der Waals surface area contributed by atoms with Gasteiger partial charge in [-0.2, -0.15) is 0 Å². The molecule has 1 amide bonds. The number of hydrogen-bond donors (Lipinski definition) is 1. The number of aromatic nitrogens is 2. The number of hydrogen-bond acceptors (Lipinski definition) is 5. The van der Waals surface area contributed by atoms with Crippen LogP contribution >= 0.6 is 11.6 Å². The fourth-order valence-electron chi connectivity index (χ4n) is 4.01. The van der Waals surface area contributed by atoms with Gasteiger partial charge >= 0.3 is 0 Å². The van der Waals surface area contributed by atoms with Crippen molar-refractivity contribution in [3.05, 3.63) is 89.0 Å². The number of aliphatic hydroxyl groups is 1. The summed E-state index contributed by atoms with van der Waals surface area (Å²) in [6.45, 7) is 3.30. The number of halogens is 1. The van der Waals surface area contributed by atoms with Crippen LogP contribution in [0.3, 0.4) is 0 Å². The highest BCUT2D eigenvalue weighted by molar-refractivity contribution is 6.46. The van der Waals surface area contributed by atoms with E-state index in [9.17, 15) is 14.7 Å². The van der Waals surface area contributed by atoms with Crippen molar-refractivity contribution in [3.8, 4) is 5.75 Å². The van der Waals surface area contributed by atoms with Crippen LogP contribution in [0.15, 0.2) is 72.8 Å². The van der Waals surface area contributed by atoms with Gasteiger partial charge in [0, 0.05) is 31.0 Å². The maximum atomic E-state index is 13.1. The number of benzene rings is 2. The Kier molecular flexibility index (Phi) is 6.79. The summed E-state index contributed by atoms with van der Waals surface area (Å²) in [7, 11) is 0. The first-order chi connectivity index (χ1) is 16.0. The third-order valence-corrected chi connectivity index (χ3v) is 5.83. The summed E-state index contributed by atoms with van der Waals surface area (Å²) < 4.78 is 7.36. The van der Waals surface area contributed by atoms with Gasteiger partial charge in [0.25, 0.3) is 11.7 Å². The molecule has 3 aromatic rings. The lowest BCUT2D eigenvalue weighted by molar-refractivity contribution is -0.139. The molecule has 1 saturated heterocycles. The fraction of sp³-hybridized carbons (Fsp3) is 0.240. The number of carbonyl (C=O) groups excluding carboxylic acids is 2. The molecule has 0 spiro atoms. The summed E-state index contributed by atoms with van der Waals surface area (Å²) in [4.78, 5) is 31.6. The maximum absolute atomic E-state index is 13.1. The molecular weight excluding hydrogens is 442 g/mol. The molecule has 2 heterocycles. The lowest BCUT2D eigenvalue weighted by atomic mass is 9.95. The molecule has 170 valence electrons. The second kappa shape index (κ2) is 9.92. The molecule has 0 saturated carbocycles. The Hall–Kier alpha value is -3.58. The third kappa shape index (κ3) is 4.64. The van der Waals surface area contributed by atoms with Crippen molar-refractivity contribution >= 4 is 29.1 Å². The SMILES string of the molecule is CCOc1ccc(/C(O)=C2\C(=O)C(=O)N(CCCn3ccnc3)C2c2ccccc2)cc1Cl. The van der Waals surface area contributed by atoms with E-state index >= 15 is 0 Å². The number of Topliss-reactive ketones (excluding diaryl/α,β-unsaturated/α-hetero) is 1. The number of imidazole rings is 1. The zero-order chi connectivity index (χ0) is 23.4. The number of ketones is 1. The quantitative estimate of drug-likeness (QED) is 0.302. The smallest absolute Gasteiger partial charge is 0.295 e. The number of ether oxygens (including phenoxy) is 1. The Balaban J connectivity index is 1.71. The van der Waals surface area contributed by atoms with E-state index in [2.05, 4.69) is 4.98 Å². The Morgan fingerprint density at radius 3 is 2.61 bits per heavy atom. The highest BCUT2D eigenvalue weighted by atomic mass is 35.5. The van der Waals surface area contributed by atoms with Gasteiger partial charge in [-0.3, -0.25) is 9.59 Å². The molecule has 7 nitrogen and oxygen atoms in total. The number of nitrogens with zero attached hydrogens (tertiary/aromatic N) is 3. The van der Waals surface area contributed by atoms with E-state index in [4.69, 9.17) is 16.3 Å². The van der Waals surface area contributed by atoms with Gasteiger partial charge in [-0.15, -0.1) is 0 Å². The van der Waals surface area contributed by atoms with E-state index in [1.807, 2.05) is 48.0 Å². The van der Waals surface area contributed by atoms with Crippen molar-refractivity contribution in [2.45, 2.75) is 25.9 Å². The van der Waals surface area contributed by atoms with Crippen LogP contribution < -0.4 is 4.74 Å². The second-order valence-corrected chi connectivity index (χ2v) is 8.04. The van der Waals surface area contributed by atoms with Crippen LogP contribution in [0.1, 0.15) is 30.5 Å². The van der Waals surface area contributed by atoms with Crippen molar-refractivity contribution in [3.63, 3.8) is 0 Å². The molecule has 1 fully saturated rings. The highest BCUT2D eigenvalue weighted by Crippen LogP contribution is 2.40. The first-order valence-electron chi connectivity index (χ1n) is 10.7. The van der Waals surface area contributed by atoms with E-state index in [0.29, 0.717) is 42.5 Å². The van der Waals surface area contributed by atoms with E-state index in [1.54, 1.807) is 24.7 Å². The van der Waals surface area contributed by atoms with Crippen LogP contribution in [0.4, 0.5) is 0 Å². The van der Waals surface area contributed by atoms with Crippen molar-refractivity contribution < 1.29 is 19.4 Å². The van der Waals surface area contributed by atoms with Crippen molar-refractivity contribution in [2.24, 2.45) is 0 Å². The first-order valence-corrected chi connectivity index (χ1v) is 11.1. The molecule has 0 radical (unpaired) electrons. The number of amides is 1. The third-order valence-electron chi connectivity index (χ3n) is 5.53. The summed E-state index contributed by atoms with van der Waals surface area (Å²) in [5.74, 6) is -1.12. The van der Waals surface area contributed by atoms with Crippen LogP contribution in [0, 0.1) is 0 Å². The lowest BCUT2D eigenvalue weighted by Gasteiger charge is -2.25. The van der Waals surface area contributed by atoms with E-state index in [0.717, 1.165) is 5.56 Å². The molecule has 4 rings (SSSR count). The predicted molar refractivity (Wildman–Crippen MR) is 125 cm³/mol. The van der Waals surface area contributed by atoms with Crippen molar-refractivity contribution in [2.75, 3.05) is 13.2 Å². The van der Waals surface area contributed by atoms with Crippen LogP contribution in [0.25, 0.3) is 5.76 Å². The summed E-state index contributed by atoms with van der Waals surface area (Å²) in [6.07, 6.45) is 5.87. The molecule has 2 aromatic carbocycles. The van der Waals surface area contributed by atoms with Crippen LogP contribution in [0.2, 0.25) is 5.02 Å². The average Bonchev–Trinajstić information content (AvgIpc) is 3.43. The largest absolute Gasteiger partial charge is 0.507 e. The summed E-state index contributed by atoms with van der Waals surface area (Å²) >= 11 is 6.30. The Labute approximate surface area is 196 Å². The fourth-order valence-corrected chi connectivity index (χ4v) is 4.25. The van der Waals surface area contributed by atoms with Gasteiger partial charge in [0.2, 0.25) is 0 Å². The van der Waals surface area contributed by atoms with Gasteiger partial charge in [-0.05, 0) is 37.1 Å². The Bertz CT molecular complexity index is 1180. The molecule has 1 atom stereocenters. The zero-order valence-electron chi connectivity index (χ0n) is 18.1. The number of carbonyl (C=O) groups is 2. The Morgan fingerprint density at radius 1 is 1.15 bits per heavy atom. The highest BCUT2D eigenvalue weighted by Gasteiger charge is 2.45. The molecule has 0 aliphatic carbocycles. The maximum Gasteiger partial charge on any atom is 0.295 e. The van der Waals surface area contributed by atoms with Gasteiger partial charge in [0.15, 0.2) is 0 Å². The van der Waals surface area contributed by atoms with Crippen molar-refractivity contribution in [1.82, 2.24) is 14.5 Å². The van der Waals surface area contributed by atoms with E-state index in [1.165, 1.54) is 11.0 Å². The van der Waals surface area contributed by atoms with Crippen LogP contribution in [0.5, 0.6) is 5.75 Å². The van der Waals surface area contributed by atoms with E-state index in [-0.39, 0.29) is 11.3 Å². The molecule has 33 heavy (non-hydrogen) atoms. The molecule has 1 aliphatic heterocycles. The Morgan fingerprint density at radius 2 is 1.94 bits per heavy atom. The minimum absolute atomic E-state index is 0.0501. The predicted octanol–water partition coefficient (Wildman–Crippen LogP) is 4.45. The second-order valence-electron chi connectivity index (χ2n) is 7.64. The standard InChI is InChI=1S/C25H24ClN3O4/c1-2-33-20-10-9-18(15-19(20)26)23(30)21-22(17-7-4-3-5-8-17)29(25(32)24(21)31)13-6-12-28-14-11-27-16-28/h3-5,7-11,14-16,22,30H,2,6,12-13H2,1H3/b23-21+. The van der Waals surface area contributed by atoms with Crippen LogP contribution in [-0.4, -0.2) is 44.4 Å². The van der Waals surface area contributed by atoms with Crippen LogP contribution in [-0.2, 0) is 16.1 Å². The number of aryl methyl sites for hydroxylation is 1. The van der Waals surface area contributed by atoms with Gasteiger partial charge in [0.05, 0.1) is 29.6 Å². The number of rotatable bonds is 8. The molecule has 1 unspecified atom stereocenters. The monoisotopic (exact) mass is 465 g/mol. The van der Waals surface area contributed by atoms with Gasteiger partial charge in [-0.1, -0.05) is 41.9 Å². The number of aliphatic hydroxyl groups excluding tert-OH is 1. The average molecular weight is 466 g/mol. The molecule has 0 bridgehead atoms. The molecule has 8 heteroatoms. The first kappa shape index (κ1) is 22.6. The van der Waals surface area contributed by atoms with E-state index < -0.39 is 17.7 Å². The normalized spacial score (nSPS) is 17.5. The summed E-state index contributed by atoms with van der Waals surface area (Å²) in [5, 5.41) is 11.5. The number of likely N-dealkylation sites (tertiary alicyclic amines) is 1. The van der Waals surface area contributed by atoms with Gasteiger partial charge in [-0.25, -0.2) is 4.98 Å². The summed E-state index contributed by atoms with van der Waals surface area (Å²) in [6, 6.07) is 13.3.